The molecule has 0 spiro atoms. The highest BCUT2D eigenvalue weighted by atomic mass is 16.5. The van der Waals surface area contributed by atoms with Crippen LogP contribution in [0, 0.1) is 6.92 Å². The van der Waals surface area contributed by atoms with Crippen molar-refractivity contribution in [1.29, 1.82) is 0 Å². The standard InChI is InChI=1S/C16H20N4O3/c1-3-23-16(22)11-20-17-10-14(19-20)18-15(21)8-7-13-6-4-5-12(2)9-13/h4-6,9-10H,3,7-8,11H2,1-2H3,(H,18,19,21). The van der Waals surface area contributed by atoms with Gasteiger partial charge in [0.25, 0.3) is 0 Å². The molecular formula is C16H20N4O3. The summed E-state index contributed by atoms with van der Waals surface area (Å²) in [6.07, 6.45) is 2.42. The van der Waals surface area contributed by atoms with E-state index in [1.165, 1.54) is 16.6 Å². The predicted molar refractivity (Wildman–Crippen MR) is 84.8 cm³/mol. The van der Waals surface area contributed by atoms with Crippen LogP contribution in [0.2, 0.25) is 0 Å². The largest absolute Gasteiger partial charge is 0.465 e. The molecule has 0 radical (unpaired) electrons. The summed E-state index contributed by atoms with van der Waals surface area (Å²) in [5, 5.41) is 10.6. The number of ether oxygens (including phenoxy) is 1. The normalized spacial score (nSPS) is 10.3. The van der Waals surface area contributed by atoms with Crippen LogP contribution in [-0.2, 0) is 27.3 Å². The van der Waals surface area contributed by atoms with E-state index < -0.39 is 5.97 Å². The lowest BCUT2D eigenvalue weighted by Gasteiger charge is -2.03. The highest BCUT2D eigenvalue weighted by molar-refractivity contribution is 5.89. The van der Waals surface area contributed by atoms with Gasteiger partial charge in [-0.25, -0.2) is 4.79 Å². The molecule has 122 valence electrons. The fourth-order valence-electron chi connectivity index (χ4n) is 2.08. The molecule has 0 fully saturated rings. The molecule has 0 atom stereocenters. The van der Waals surface area contributed by atoms with Crippen molar-refractivity contribution in [3.05, 3.63) is 41.6 Å². The lowest BCUT2D eigenvalue weighted by molar-refractivity contribution is -0.144. The van der Waals surface area contributed by atoms with Crippen molar-refractivity contribution in [1.82, 2.24) is 15.0 Å². The van der Waals surface area contributed by atoms with Crippen molar-refractivity contribution in [2.75, 3.05) is 11.9 Å². The Kier molecular flexibility index (Phi) is 5.85. The Hall–Kier alpha value is -2.70. The zero-order valence-electron chi connectivity index (χ0n) is 13.3. The van der Waals surface area contributed by atoms with E-state index in [0.29, 0.717) is 25.3 Å². The minimum absolute atomic E-state index is 0.0764. The Morgan fingerprint density at radius 2 is 2.17 bits per heavy atom. The lowest BCUT2D eigenvalue weighted by Crippen LogP contribution is -2.16. The number of rotatable bonds is 7. The summed E-state index contributed by atoms with van der Waals surface area (Å²) in [6, 6.07) is 8.05. The Morgan fingerprint density at radius 1 is 1.35 bits per heavy atom. The maximum Gasteiger partial charge on any atom is 0.329 e. The maximum atomic E-state index is 11.9. The van der Waals surface area contributed by atoms with Gasteiger partial charge in [-0.3, -0.25) is 4.79 Å². The number of esters is 1. The van der Waals surface area contributed by atoms with Crippen LogP contribution in [0.25, 0.3) is 0 Å². The van der Waals surface area contributed by atoms with E-state index in [9.17, 15) is 9.59 Å². The summed E-state index contributed by atoms with van der Waals surface area (Å²) in [7, 11) is 0. The highest BCUT2D eigenvalue weighted by Gasteiger charge is 2.09. The van der Waals surface area contributed by atoms with E-state index in [1.807, 2.05) is 25.1 Å². The third-order valence-electron chi connectivity index (χ3n) is 3.10. The second kappa shape index (κ2) is 8.07. The Bertz CT molecular complexity index is 681. The number of nitrogens with one attached hydrogen (secondary N) is 1. The van der Waals surface area contributed by atoms with Crippen molar-refractivity contribution in [3.8, 4) is 0 Å². The van der Waals surface area contributed by atoms with Crippen LogP contribution in [0.3, 0.4) is 0 Å². The van der Waals surface area contributed by atoms with Crippen molar-refractivity contribution < 1.29 is 14.3 Å². The lowest BCUT2D eigenvalue weighted by atomic mass is 10.1. The average Bonchev–Trinajstić information content (AvgIpc) is 2.92. The van der Waals surface area contributed by atoms with Gasteiger partial charge in [0.1, 0.15) is 0 Å². The number of hydrogen-bond donors (Lipinski definition) is 1. The molecule has 0 saturated heterocycles. The highest BCUT2D eigenvalue weighted by Crippen LogP contribution is 2.08. The number of anilines is 1. The molecule has 0 aliphatic carbocycles. The number of nitrogens with zero attached hydrogens (tertiary/aromatic N) is 3. The first-order chi connectivity index (χ1) is 11.1. The molecule has 23 heavy (non-hydrogen) atoms. The molecule has 1 aromatic carbocycles. The maximum absolute atomic E-state index is 11.9. The van der Waals surface area contributed by atoms with E-state index in [-0.39, 0.29) is 12.5 Å². The Labute approximate surface area is 134 Å². The molecule has 0 saturated carbocycles. The van der Waals surface area contributed by atoms with Crippen LogP contribution in [0.1, 0.15) is 24.5 Å². The van der Waals surface area contributed by atoms with E-state index in [2.05, 4.69) is 21.6 Å². The number of aryl methyl sites for hydroxylation is 2. The number of benzene rings is 1. The van der Waals surface area contributed by atoms with E-state index in [4.69, 9.17) is 4.74 Å². The topological polar surface area (TPSA) is 86.1 Å². The molecule has 1 heterocycles. The van der Waals surface area contributed by atoms with Crippen LogP contribution in [0.4, 0.5) is 5.82 Å². The number of carbonyl (C=O) groups is 2. The summed E-state index contributed by atoms with van der Waals surface area (Å²) in [4.78, 5) is 24.4. The molecule has 0 aliphatic rings. The SMILES string of the molecule is CCOC(=O)Cn1ncc(NC(=O)CCc2cccc(C)c2)n1. The summed E-state index contributed by atoms with van der Waals surface area (Å²) >= 11 is 0. The molecular weight excluding hydrogens is 296 g/mol. The number of carbonyl (C=O) groups excluding carboxylic acids is 2. The van der Waals surface area contributed by atoms with Gasteiger partial charge in [-0.15, -0.1) is 5.10 Å². The quantitative estimate of drug-likeness (QED) is 0.786. The van der Waals surface area contributed by atoms with Gasteiger partial charge < -0.3 is 10.1 Å². The fraction of sp³-hybridized carbons (Fsp3) is 0.375. The van der Waals surface area contributed by atoms with Gasteiger partial charge in [-0.2, -0.15) is 9.90 Å². The molecule has 7 heteroatoms. The monoisotopic (exact) mass is 316 g/mol. The molecule has 1 N–H and O–H groups in total. The summed E-state index contributed by atoms with van der Waals surface area (Å²) in [5.41, 5.74) is 2.29. The van der Waals surface area contributed by atoms with Crippen molar-refractivity contribution >= 4 is 17.7 Å². The Balaban J connectivity index is 1.81. The van der Waals surface area contributed by atoms with Gasteiger partial charge in [0.15, 0.2) is 12.4 Å². The zero-order valence-corrected chi connectivity index (χ0v) is 13.3. The minimum atomic E-state index is -0.416. The summed E-state index contributed by atoms with van der Waals surface area (Å²) in [6.45, 7) is 3.98. The predicted octanol–water partition coefficient (Wildman–Crippen LogP) is 1.72. The van der Waals surface area contributed by atoms with E-state index in [0.717, 1.165) is 5.56 Å². The first kappa shape index (κ1) is 16.7. The summed E-state index contributed by atoms with van der Waals surface area (Å²) in [5.74, 6) is -0.237. The second-order valence-electron chi connectivity index (χ2n) is 5.10. The molecule has 0 unspecified atom stereocenters. The van der Waals surface area contributed by atoms with Gasteiger partial charge in [-0.1, -0.05) is 29.8 Å². The van der Waals surface area contributed by atoms with Crippen LogP contribution < -0.4 is 5.32 Å². The second-order valence-corrected chi connectivity index (χ2v) is 5.10. The van der Waals surface area contributed by atoms with Gasteiger partial charge in [0.2, 0.25) is 5.91 Å². The van der Waals surface area contributed by atoms with E-state index in [1.54, 1.807) is 6.92 Å². The zero-order chi connectivity index (χ0) is 16.7. The van der Waals surface area contributed by atoms with Crippen LogP contribution in [0.5, 0.6) is 0 Å². The van der Waals surface area contributed by atoms with Crippen molar-refractivity contribution in [3.63, 3.8) is 0 Å². The van der Waals surface area contributed by atoms with Crippen LogP contribution in [-0.4, -0.2) is 33.5 Å². The van der Waals surface area contributed by atoms with Crippen LogP contribution >= 0.6 is 0 Å². The minimum Gasteiger partial charge on any atom is -0.465 e. The first-order valence-electron chi connectivity index (χ1n) is 7.48. The molecule has 2 aromatic rings. The number of amides is 1. The van der Waals surface area contributed by atoms with Gasteiger partial charge >= 0.3 is 5.97 Å². The molecule has 0 aliphatic heterocycles. The smallest absolute Gasteiger partial charge is 0.329 e. The Morgan fingerprint density at radius 3 is 2.91 bits per heavy atom. The number of aromatic nitrogens is 3. The fourth-order valence-corrected chi connectivity index (χ4v) is 2.08. The van der Waals surface area contributed by atoms with Gasteiger partial charge in [0.05, 0.1) is 12.8 Å². The van der Waals surface area contributed by atoms with Gasteiger partial charge in [0, 0.05) is 6.42 Å². The molecule has 2 rings (SSSR count). The van der Waals surface area contributed by atoms with Crippen molar-refractivity contribution in [2.24, 2.45) is 0 Å². The van der Waals surface area contributed by atoms with Gasteiger partial charge in [-0.05, 0) is 25.8 Å². The molecule has 1 aromatic heterocycles. The molecule has 1 amide bonds. The molecule has 7 nitrogen and oxygen atoms in total. The third-order valence-corrected chi connectivity index (χ3v) is 3.10. The summed E-state index contributed by atoms with van der Waals surface area (Å²) < 4.78 is 4.81. The van der Waals surface area contributed by atoms with Crippen molar-refractivity contribution in [2.45, 2.75) is 33.2 Å². The average molecular weight is 316 g/mol. The number of hydrogen-bond acceptors (Lipinski definition) is 5. The first-order valence-corrected chi connectivity index (χ1v) is 7.48. The molecule has 0 bridgehead atoms. The van der Waals surface area contributed by atoms with Crippen LogP contribution in [0.15, 0.2) is 30.5 Å². The van der Waals surface area contributed by atoms with E-state index >= 15 is 0 Å². The third kappa shape index (κ3) is 5.54.